The molecule has 0 spiro atoms. The number of aromatic nitrogens is 4. The molecule has 0 N–H and O–H groups in total. The van der Waals surface area contributed by atoms with Crippen LogP contribution in [0.1, 0.15) is 11.1 Å². The van der Waals surface area contributed by atoms with Crippen LogP contribution < -0.4 is 0 Å². The van der Waals surface area contributed by atoms with Gasteiger partial charge in [-0.05, 0) is 70.3 Å². The quantitative estimate of drug-likeness (QED) is 0.161. The Bertz CT molecular complexity index is 3190. The Hall–Kier alpha value is -8.52. The summed E-state index contributed by atoms with van der Waals surface area (Å²) in [7, 11) is 0. The third kappa shape index (κ3) is 6.43. The zero-order chi connectivity index (χ0) is 40.6. The lowest BCUT2D eigenvalue weighted by atomic mass is 9.98. The van der Waals surface area contributed by atoms with Gasteiger partial charge >= 0.3 is 0 Å². The average Bonchev–Trinajstić information content (AvgIpc) is 3.64. The van der Waals surface area contributed by atoms with Crippen LogP contribution in [-0.2, 0) is 0 Å². The summed E-state index contributed by atoms with van der Waals surface area (Å²) < 4.78 is 17.3. The van der Waals surface area contributed by atoms with Crippen molar-refractivity contribution in [2.45, 2.75) is 0 Å². The molecule has 2 heterocycles. The Morgan fingerprint density at radius 2 is 0.833 bits per heavy atom. The van der Waals surface area contributed by atoms with Crippen molar-refractivity contribution < 1.29 is 4.39 Å². The van der Waals surface area contributed by atoms with Gasteiger partial charge in [0.1, 0.15) is 5.82 Å². The summed E-state index contributed by atoms with van der Waals surface area (Å²) in [5, 5.41) is 22.2. The van der Waals surface area contributed by atoms with Gasteiger partial charge in [-0.3, -0.25) is 0 Å². The van der Waals surface area contributed by atoms with E-state index in [4.69, 9.17) is 15.0 Å². The van der Waals surface area contributed by atoms with Crippen molar-refractivity contribution in [2.24, 2.45) is 0 Å². The number of fused-ring (bicyclic) bond motifs is 3. The molecule has 60 heavy (non-hydrogen) atoms. The van der Waals surface area contributed by atoms with E-state index >= 15 is 4.39 Å². The van der Waals surface area contributed by atoms with E-state index in [2.05, 4.69) is 47.0 Å². The maximum Gasteiger partial charge on any atom is 0.164 e. The Labute approximate surface area is 345 Å². The van der Waals surface area contributed by atoms with Gasteiger partial charge in [-0.1, -0.05) is 146 Å². The van der Waals surface area contributed by atoms with Gasteiger partial charge in [0.2, 0.25) is 0 Å². The zero-order valence-corrected chi connectivity index (χ0v) is 32.0. The number of benzene rings is 8. The fraction of sp³-hybridized carbons (Fsp3) is 0. The molecular weight excluding hydrogens is 740 g/mol. The summed E-state index contributed by atoms with van der Waals surface area (Å²) in [6.45, 7) is 0. The highest BCUT2D eigenvalue weighted by atomic mass is 19.1. The molecule has 8 aromatic carbocycles. The Balaban J connectivity index is 1.30. The van der Waals surface area contributed by atoms with Crippen molar-refractivity contribution in [1.82, 2.24) is 19.5 Å². The maximum atomic E-state index is 15.1. The number of halogens is 1. The second kappa shape index (κ2) is 15.1. The summed E-state index contributed by atoms with van der Waals surface area (Å²) in [4.78, 5) is 15.0. The van der Waals surface area contributed by atoms with Crippen molar-refractivity contribution >= 4 is 21.8 Å². The molecule has 0 radical (unpaired) electrons. The molecule has 0 amide bonds. The van der Waals surface area contributed by atoms with Crippen LogP contribution in [0.2, 0.25) is 0 Å². The van der Waals surface area contributed by atoms with E-state index in [1.165, 1.54) is 6.07 Å². The molecule has 0 aliphatic heterocycles. The Morgan fingerprint density at radius 1 is 0.383 bits per heavy atom. The van der Waals surface area contributed by atoms with Crippen molar-refractivity contribution in [2.75, 3.05) is 0 Å². The molecule has 0 saturated heterocycles. The lowest BCUT2D eigenvalue weighted by Crippen LogP contribution is -2.02. The van der Waals surface area contributed by atoms with E-state index in [1.54, 1.807) is 12.1 Å². The van der Waals surface area contributed by atoms with Gasteiger partial charge in [0, 0.05) is 33.0 Å². The SMILES string of the molecule is N#Cc1ccccc1-c1ccc2c3ccc(-c4ccccc4C#N)cc3n(-c3cc(-c4nc(-c5ccccc5)nc(-c5ccccc5)n4)ccc3-c3cccc(F)c3)c2c1. The fourth-order valence-electron chi connectivity index (χ4n) is 7.97. The zero-order valence-electron chi connectivity index (χ0n) is 32.0. The van der Waals surface area contributed by atoms with Gasteiger partial charge in [0.05, 0.1) is 40.0 Å². The third-order valence-electron chi connectivity index (χ3n) is 10.8. The predicted molar refractivity (Wildman–Crippen MR) is 236 cm³/mol. The van der Waals surface area contributed by atoms with Crippen LogP contribution in [0.5, 0.6) is 0 Å². The lowest BCUT2D eigenvalue weighted by Gasteiger charge is -2.17. The van der Waals surface area contributed by atoms with Crippen LogP contribution in [0, 0.1) is 28.5 Å². The Kier molecular flexibility index (Phi) is 9.02. The first kappa shape index (κ1) is 35.9. The van der Waals surface area contributed by atoms with Crippen molar-refractivity contribution in [3.63, 3.8) is 0 Å². The minimum Gasteiger partial charge on any atom is -0.309 e. The molecule has 0 aliphatic rings. The highest BCUT2D eigenvalue weighted by molar-refractivity contribution is 6.12. The first-order valence-electron chi connectivity index (χ1n) is 19.4. The monoisotopic (exact) mass is 770 g/mol. The standard InChI is InChI=1S/C53H31FN6/c54-42-19-11-18-36(28-42)45-25-24-39(53-58-51(34-12-3-1-4-13-34)57-52(59-53)35-14-5-2-6-15-35)31-48(45)60-49-29-37(43-20-9-7-16-40(43)32-55)22-26-46(49)47-27-23-38(30-50(47)60)44-21-10-8-17-41(44)33-56/h1-31H. The van der Waals surface area contributed by atoms with E-state index in [0.29, 0.717) is 34.2 Å². The van der Waals surface area contributed by atoms with Crippen LogP contribution in [-0.4, -0.2) is 19.5 Å². The largest absolute Gasteiger partial charge is 0.309 e. The van der Waals surface area contributed by atoms with Crippen LogP contribution in [0.3, 0.4) is 0 Å². The molecule has 0 bridgehead atoms. The first-order chi connectivity index (χ1) is 29.6. The minimum atomic E-state index is -0.354. The third-order valence-corrected chi connectivity index (χ3v) is 10.8. The number of rotatable bonds is 7. The number of nitrogens with zero attached hydrogens (tertiary/aromatic N) is 6. The summed E-state index contributed by atoms with van der Waals surface area (Å²) in [5.74, 6) is 1.19. The van der Waals surface area contributed by atoms with Crippen molar-refractivity contribution in [1.29, 1.82) is 10.5 Å². The summed E-state index contributed by atoms with van der Waals surface area (Å²) >= 11 is 0. The predicted octanol–water partition coefficient (Wildman–Crippen LogP) is 12.9. The molecule has 0 saturated carbocycles. The topological polar surface area (TPSA) is 91.2 Å². The van der Waals surface area contributed by atoms with E-state index in [0.717, 1.165) is 72.0 Å². The molecule has 0 atom stereocenters. The number of hydrogen-bond donors (Lipinski definition) is 0. The van der Waals surface area contributed by atoms with E-state index in [-0.39, 0.29) is 5.82 Å². The van der Waals surface area contributed by atoms with Gasteiger partial charge in [-0.15, -0.1) is 0 Å². The van der Waals surface area contributed by atoms with Crippen molar-refractivity contribution in [3.05, 3.63) is 205 Å². The fourth-order valence-corrected chi connectivity index (χ4v) is 7.97. The van der Waals surface area contributed by atoms with Crippen LogP contribution >= 0.6 is 0 Å². The van der Waals surface area contributed by atoms with Crippen molar-refractivity contribution in [3.8, 4) is 85.4 Å². The second-order valence-corrected chi connectivity index (χ2v) is 14.4. The van der Waals surface area contributed by atoms with E-state index in [1.807, 2.05) is 140 Å². The molecule has 2 aromatic heterocycles. The molecule has 280 valence electrons. The average molecular weight is 771 g/mol. The molecule has 0 unspecified atom stereocenters. The second-order valence-electron chi connectivity index (χ2n) is 14.4. The molecule has 6 nitrogen and oxygen atoms in total. The Morgan fingerprint density at radius 3 is 1.35 bits per heavy atom. The maximum absolute atomic E-state index is 15.1. The van der Waals surface area contributed by atoms with Crippen LogP contribution in [0.25, 0.3) is 95.0 Å². The molecular formula is C53H31FN6. The van der Waals surface area contributed by atoms with E-state index < -0.39 is 0 Å². The molecule has 10 aromatic rings. The van der Waals surface area contributed by atoms with Crippen LogP contribution in [0.4, 0.5) is 4.39 Å². The number of hydrogen-bond acceptors (Lipinski definition) is 5. The van der Waals surface area contributed by atoms with Gasteiger partial charge < -0.3 is 4.57 Å². The van der Waals surface area contributed by atoms with Gasteiger partial charge in [0.15, 0.2) is 17.5 Å². The van der Waals surface area contributed by atoms with Gasteiger partial charge in [-0.25, -0.2) is 19.3 Å². The minimum absolute atomic E-state index is 0.354. The van der Waals surface area contributed by atoms with Gasteiger partial charge in [-0.2, -0.15) is 10.5 Å². The van der Waals surface area contributed by atoms with Gasteiger partial charge in [0.25, 0.3) is 0 Å². The first-order valence-corrected chi connectivity index (χ1v) is 19.4. The highest BCUT2D eigenvalue weighted by Crippen LogP contribution is 2.41. The van der Waals surface area contributed by atoms with E-state index in [9.17, 15) is 10.5 Å². The smallest absolute Gasteiger partial charge is 0.164 e. The van der Waals surface area contributed by atoms with Crippen LogP contribution in [0.15, 0.2) is 188 Å². The normalized spacial score (nSPS) is 11.1. The summed E-state index contributed by atoms with van der Waals surface area (Å²) in [6, 6.07) is 64.7. The number of nitriles is 2. The molecule has 0 aliphatic carbocycles. The summed E-state index contributed by atoms with van der Waals surface area (Å²) in [6.07, 6.45) is 0. The highest BCUT2D eigenvalue weighted by Gasteiger charge is 2.21. The molecule has 0 fully saturated rings. The molecule has 7 heteroatoms. The molecule has 10 rings (SSSR count). The lowest BCUT2D eigenvalue weighted by molar-refractivity contribution is 0.628. The summed E-state index contributed by atoms with van der Waals surface area (Å²) in [5.41, 5.74) is 10.9.